The van der Waals surface area contributed by atoms with Crippen molar-refractivity contribution in [3.63, 3.8) is 0 Å². The second kappa shape index (κ2) is 17.5. The normalized spacial score (nSPS) is 15.1. The van der Waals surface area contributed by atoms with E-state index in [0.29, 0.717) is 49.0 Å². The monoisotopic (exact) mass is 777 g/mol. The Hall–Kier alpha value is -4.16. The van der Waals surface area contributed by atoms with Crippen LogP contribution in [0.4, 0.5) is 4.39 Å². The van der Waals surface area contributed by atoms with Crippen LogP contribution < -0.4 is 10.1 Å². The number of unbranched alkanes of at least 4 members (excludes halogenated alkanes) is 1. The fraction of sp³-hybridized carbons (Fsp3) is 0.500. The van der Waals surface area contributed by atoms with Crippen LogP contribution >= 0.6 is 11.3 Å². The number of halogens is 1. The zero-order valence-electron chi connectivity index (χ0n) is 32.2. The van der Waals surface area contributed by atoms with Crippen molar-refractivity contribution in [2.45, 2.75) is 97.6 Å². The lowest BCUT2D eigenvalue weighted by Gasteiger charge is -2.30. The maximum Gasteiger partial charge on any atom is 0.274 e. The molecule has 3 heterocycles. The summed E-state index contributed by atoms with van der Waals surface area (Å²) >= 11 is 1.41. The molecular weight excluding hydrogens is 726 g/mol. The van der Waals surface area contributed by atoms with Crippen LogP contribution in [0.25, 0.3) is 16.6 Å². The molecule has 2 aromatic heterocycles. The molecule has 0 bridgehead atoms. The van der Waals surface area contributed by atoms with Crippen LogP contribution in [-0.2, 0) is 34.2 Å². The minimum atomic E-state index is -2.76. The predicted molar refractivity (Wildman–Crippen MR) is 213 cm³/mol. The van der Waals surface area contributed by atoms with Gasteiger partial charge in [-0.3, -0.25) is 18.7 Å². The average molecular weight is 778 g/mol. The van der Waals surface area contributed by atoms with E-state index >= 15 is 0 Å². The molecule has 1 unspecified atom stereocenters. The predicted octanol–water partition coefficient (Wildman–Crippen LogP) is 7.93. The summed E-state index contributed by atoms with van der Waals surface area (Å²) in [5.41, 5.74) is 3.10. The van der Waals surface area contributed by atoms with Gasteiger partial charge in [-0.25, -0.2) is 14.4 Å². The average Bonchev–Trinajstić information content (AvgIpc) is 3.73. The van der Waals surface area contributed by atoms with Crippen molar-refractivity contribution in [3.8, 4) is 11.3 Å². The molecule has 0 saturated carbocycles. The minimum Gasteiger partial charge on any atom is -0.465 e. The topological polar surface area (TPSA) is 146 Å². The molecule has 0 radical (unpaired) electrons. The molecule has 1 aliphatic heterocycles. The van der Waals surface area contributed by atoms with Crippen molar-refractivity contribution in [1.29, 1.82) is 10.0 Å². The Morgan fingerprint density at radius 3 is 2.67 bits per heavy atom. The van der Waals surface area contributed by atoms with E-state index in [1.807, 2.05) is 36.6 Å². The van der Waals surface area contributed by atoms with E-state index < -0.39 is 21.1 Å². The molecule has 4 aromatic rings. The smallest absolute Gasteiger partial charge is 0.274 e. The number of benzene rings is 2. The first-order valence-electron chi connectivity index (χ1n) is 18.4. The minimum absolute atomic E-state index is 0.0168. The van der Waals surface area contributed by atoms with Crippen LogP contribution in [-0.4, -0.2) is 72.4 Å². The molecule has 54 heavy (non-hydrogen) atoms. The van der Waals surface area contributed by atoms with Gasteiger partial charge < -0.3 is 19.4 Å². The zero-order chi connectivity index (χ0) is 39.1. The molecule has 0 fully saturated rings. The highest BCUT2D eigenvalue weighted by Crippen LogP contribution is 2.32. The van der Waals surface area contributed by atoms with Gasteiger partial charge >= 0.3 is 0 Å². The zero-order valence-corrected chi connectivity index (χ0v) is 33.8. The number of hydrogen-bond donors (Lipinski definition) is 2. The highest BCUT2D eigenvalue weighted by molar-refractivity contribution is 7.91. The van der Waals surface area contributed by atoms with Gasteiger partial charge in [-0.05, 0) is 82.9 Å². The van der Waals surface area contributed by atoms with Gasteiger partial charge in [0.15, 0.2) is 0 Å². The standard InChI is InChI=1S/C40H52FN7O4S2/c1-7-8-15-40(4,5)52-20-16-39(2,3)46-37(49)30-11-12-33-34(23-30)48(19-21-54(6,43)50)36(45-33)26-47-17-13-29(14-18-47)35-25-44-38(53-35)51-27-31-10-9-28(24-42)22-32(31)41/h9-13,22-23,25,43H,7-8,14-21,26-27H2,1-6H3,(H,46,49). The summed E-state index contributed by atoms with van der Waals surface area (Å²) in [6.45, 7) is 13.3. The highest BCUT2D eigenvalue weighted by Gasteiger charge is 2.25. The largest absolute Gasteiger partial charge is 0.465 e. The van der Waals surface area contributed by atoms with Crippen LogP contribution in [0.15, 0.2) is 48.7 Å². The first kappa shape index (κ1) is 41.0. The number of hydrogen-bond acceptors (Lipinski definition) is 10. The summed E-state index contributed by atoms with van der Waals surface area (Å²) in [4.78, 5) is 26.1. The second-order valence-electron chi connectivity index (χ2n) is 15.3. The van der Waals surface area contributed by atoms with Gasteiger partial charge in [0.1, 0.15) is 18.2 Å². The Balaban J connectivity index is 1.24. The van der Waals surface area contributed by atoms with Crippen molar-refractivity contribution < 1.29 is 22.9 Å². The summed E-state index contributed by atoms with van der Waals surface area (Å²) < 4.78 is 48.8. The number of rotatable bonds is 18. The third-order valence-electron chi connectivity index (χ3n) is 9.59. The van der Waals surface area contributed by atoms with Crippen LogP contribution in [0.3, 0.4) is 0 Å². The number of thiazole rings is 1. The van der Waals surface area contributed by atoms with Crippen molar-refractivity contribution in [1.82, 2.24) is 24.8 Å². The summed E-state index contributed by atoms with van der Waals surface area (Å²) in [6.07, 6.45) is 10.1. The van der Waals surface area contributed by atoms with E-state index in [1.54, 1.807) is 24.4 Å². The number of nitrogens with zero attached hydrogens (tertiary/aromatic N) is 5. The van der Waals surface area contributed by atoms with Crippen molar-refractivity contribution in [3.05, 3.63) is 81.9 Å². The summed E-state index contributed by atoms with van der Waals surface area (Å²) in [5, 5.41) is 12.6. The van der Waals surface area contributed by atoms with Crippen molar-refractivity contribution in [2.75, 3.05) is 31.7 Å². The van der Waals surface area contributed by atoms with E-state index in [-0.39, 0.29) is 29.4 Å². The SMILES string of the molecule is CCCCC(C)(C)OCCC(C)(C)NC(=O)c1ccc2nc(CN3CC=C(c4cnc(OCc5ccc(C#N)cc5F)s4)CC3)n(CCS(C)(=N)=O)c2c1. The lowest BCUT2D eigenvalue weighted by Crippen LogP contribution is -2.44. The van der Waals surface area contributed by atoms with Gasteiger partial charge in [-0.2, -0.15) is 5.26 Å². The maximum absolute atomic E-state index is 14.3. The summed E-state index contributed by atoms with van der Waals surface area (Å²) in [7, 11) is -2.76. The van der Waals surface area contributed by atoms with Gasteiger partial charge in [0, 0.05) is 70.8 Å². The first-order valence-corrected chi connectivity index (χ1v) is 21.4. The number of carbonyl (C=O) groups is 1. The van der Waals surface area contributed by atoms with Crippen LogP contribution in [0, 0.1) is 21.9 Å². The Morgan fingerprint density at radius 1 is 1.19 bits per heavy atom. The van der Waals surface area contributed by atoms with Gasteiger partial charge in [0.25, 0.3) is 11.1 Å². The molecular formula is C40H52FN7O4S2. The third kappa shape index (κ3) is 11.4. The molecule has 2 aromatic carbocycles. The molecule has 1 amide bonds. The number of imidazole rings is 1. The number of nitrogens with one attached hydrogen (secondary N) is 2. The maximum atomic E-state index is 14.3. The van der Waals surface area contributed by atoms with Gasteiger partial charge in [0.05, 0.1) is 39.7 Å². The van der Waals surface area contributed by atoms with E-state index in [1.165, 1.54) is 23.7 Å². The molecule has 5 rings (SSSR count). The molecule has 1 atom stereocenters. The lowest BCUT2D eigenvalue weighted by atomic mass is 9.99. The molecule has 11 nitrogen and oxygen atoms in total. The Morgan fingerprint density at radius 2 is 1.98 bits per heavy atom. The number of amides is 1. The summed E-state index contributed by atoms with van der Waals surface area (Å²) in [5.74, 6) is 0.283. The Bertz CT molecular complexity index is 2130. The van der Waals surface area contributed by atoms with E-state index in [9.17, 15) is 13.4 Å². The highest BCUT2D eigenvalue weighted by atomic mass is 32.2. The molecule has 0 spiro atoms. The molecule has 2 N–H and O–H groups in total. The molecule has 290 valence electrons. The van der Waals surface area contributed by atoms with Crippen LogP contribution in [0.5, 0.6) is 5.19 Å². The lowest BCUT2D eigenvalue weighted by molar-refractivity contribution is -0.0316. The van der Waals surface area contributed by atoms with Crippen LogP contribution in [0.2, 0.25) is 0 Å². The fourth-order valence-corrected chi connectivity index (χ4v) is 7.64. The Kier molecular flexibility index (Phi) is 13.3. The van der Waals surface area contributed by atoms with E-state index in [0.717, 1.165) is 59.5 Å². The first-order chi connectivity index (χ1) is 25.5. The quantitative estimate of drug-likeness (QED) is 0.104. The molecule has 0 aliphatic carbocycles. The molecule has 0 saturated heterocycles. The van der Waals surface area contributed by atoms with E-state index in [2.05, 4.69) is 42.0 Å². The molecule has 14 heteroatoms. The van der Waals surface area contributed by atoms with Gasteiger partial charge in [0.2, 0.25) is 0 Å². The number of carbonyl (C=O) groups excluding carboxylic acids is 1. The van der Waals surface area contributed by atoms with Crippen LogP contribution in [0.1, 0.15) is 98.9 Å². The third-order valence-corrected chi connectivity index (χ3v) is 11.5. The van der Waals surface area contributed by atoms with Crippen molar-refractivity contribution in [2.24, 2.45) is 0 Å². The summed E-state index contributed by atoms with van der Waals surface area (Å²) in [6, 6.07) is 11.7. The number of ether oxygens (including phenoxy) is 2. The fourth-order valence-electron chi connectivity index (χ4n) is 6.27. The Labute approximate surface area is 322 Å². The van der Waals surface area contributed by atoms with E-state index in [4.69, 9.17) is 24.5 Å². The van der Waals surface area contributed by atoms with Gasteiger partial charge in [-0.1, -0.05) is 43.2 Å². The molecule has 1 aliphatic rings. The van der Waals surface area contributed by atoms with Crippen molar-refractivity contribution >= 4 is 43.6 Å². The number of nitriles is 1. The number of aromatic nitrogens is 3. The number of aryl methyl sites for hydroxylation is 1. The van der Waals surface area contributed by atoms with Gasteiger partial charge in [-0.15, -0.1) is 0 Å². The number of fused-ring (bicyclic) bond motifs is 1. The second-order valence-corrected chi connectivity index (χ2v) is 18.7.